The molecule has 0 aliphatic carbocycles. The van der Waals surface area contributed by atoms with E-state index in [1.807, 2.05) is 0 Å². The molecule has 0 aliphatic rings. The van der Waals surface area contributed by atoms with E-state index in [9.17, 15) is 0 Å². The molecule has 0 N–H and O–H groups in total. The van der Waals surface area contributed by atoms with Crippen molar-refractivity contribution in [2.45, 2.75) is 46.0 Å². The zero-order valence-corrected chi connectivity index (χ0v) is 26.9. The number of hydrogen-bond donors (Lipinski definition) is 0. The Bertz CT molecular complexity index is 1900. The average molecular weight is 587 g/mol. The largest absolute Gasteiger partial charge is 0.494 e. The summed E-state index contributed by atoms with van der Waals surface area (Å²) < 4.78 is 5.86. The van der Waals surface area contributed by atoms with Crippen LogP contribution in [0.1, 0.15) is 54.5 Å². The first kappa shape index (κ1) is 30.2. The van der Waals surface area contributed by atoms with Gasteiger partial charge in [-0.3, -0.25) is 0 Å². The third kappa shape index (κ3) is 6.49. The van der Waals surface area contributed by atoms with Gasteiger partial charge in [0.05, 0.1) is 6.61 Å². The lowest BCUT2D eigenvalue weighted by Gasteiger charge is -2.28. The van der Waals surface area contributed by atoms with Gasteiger partial charge >= 0.3 is 0 Å². The van der Waals surface area contributed by atoms with Crippen LogP contribution in [0.25, 0.3) is 39.1 Å². The molecular formula is C44H42O. The lowest BCUT2D eigenvalue weighted by atomic mass is 9.75. The molecule has 0 spiro atoms. The molecule has 0 saturated carbocycles. The number of benzene rings is 6. The van der Waals surface area contributed by atoms with Crippen molar-refractivity contribution in [3.63, 3.8) is 0 Å². The van der Waals surface area contributed by atoms with Gasteiger partial charge in [0.1, 0.15) is 5.75 Å². The van der Waals surface area contributed by atoms with Crippen LogP contribution < -0.4 is 4.74 Å². The summed E-state index contributed by atoms with van der Waals surface area (Å²) in [7, 11) is 0. The molecule has 0 bridgehead atoms. The van der Waals surface area contributed by atoms with E-state index in [1.54, 1.807) is 0 Å². The molecule has 1 atom stereocenters. The molecule has 0 saturated heterocycles. The van der Waals surface area contributed by atoms with E-state index in [2.05, 4.69) is 173 Å². The fourth-order valence-corrected chi connectivity index (χ4v) is 6.21. The fraction of sp³-hybridized carbons (Fsp3) is 0.182. The summed E-state index contributed by atoms with van der Waals surface area (Å²) >= 11 is 0. The zero-order chi connectivity index (χ0) is 31.2. The summed E-state index contributed by atoms with van der Waals surface area (Å²) in [6.45, 7) is 9.66. The van der Waals surface area contributed by atoms with E-state index in [0.717, 1.165) is 25.2 Å². The van der Waals surface area contributed by atoms with E-state index in [-0.39, 0.29) is 5.41 Å². The predicted octanol–water partition coefficient (Wildman–Crippen LogP) is 12.0. The van der Waals surface area contributed by atoms with Crippen molar-refractivity contribution < 1.29 is 4.74 Å². The lowest BCUT2D eigenvalue weighted by Crippen LogP contribution is -2.20. The minimum absolute atomic E-state index is 0.267. The number of allylic oxidation sites excluding steroid dienone is 1. The van der Waals surface area contributed by atoms with Crippen LogP contribution in [0.2, 0.25) is 0 Å². The first-order valence-electron chi connectivity index (χ1n) is 16.1. The molecule has 0 radical (unpaired) electrons. The van der Waals surface area contributed by atoms with Crippen LogP contribution in [0, 0.1) is 13.8 Å². The second-order valence-electron chi connectivity index (χ2n) is 12.3. The van der Waals surface area contributed by atoms with Crippen molar-refractivity contribution in [2.24, 2.45) is 0 Å². The molecule has 6 aromatic rings. The van der Waals surface area contributed by atoms with Gasteiger partial charge in [-0.2, -0.15) is 0 Å². The Morgan fingerprint density at radius 1 is 0.622 bits per heavy atom. The Hall–Kier alpha value is -4.88. The Morgan fingerprint density at radius 3 is 1.87 bits per heavy atom. The monoisotopic (exact) mass is 586 g/mol. The van der Waals surface area contributed by atoms with E-state index >= 15 is 0 Å². The summed E-state index contributed by atoms with van der Waals surface area (Å²) in [5, 5.41) is 2.53. The van der Waals surface area contributed by atoms with Gasteiger partial charge in [-0.05, 0) is 94.6 Å². The van der Waals surface area contributed by atoms with E-state index in [0.29, 0.717) is 0 Å². The highest BCUT2D eigenvalue weighted by molar-refractivity contribution is 6.02. The van der Waals surface area contributed by atoms with Gasteiger partial charge in [-0.15, -0.1) is 0 Å². The van der Waals surface area contributed by atoms with Gasteiger partial charge in [-0.1, -0.05) is 152 Å². The molecule has 1 nitrogen and oxygen atoms in total. The Labute approximate surface area is 268 Å². The van der Waals surface area contributed by atoms with Crippen LogP contribution >= 0.6 is 0 Å². The highest BCUT2D eigenvalue weighted by atomic mass is 16.5. The number of aryl methyl sites for hydroxylation is 2. The second kappa shape index (κ2) is 13.4. The van der Waals surface area contributed by atoms with Gasteiger partial charge < -0.3 is 4.74 Å². The van der Waals surface area contributed by atoms with E-state index in [1.165, 1.54) is 60.8 Å². The molecule has 1 unspecified atom stereocenters. The molecule has 0 aromatic heterocycles. The molecule has 0 heterocycles. The van der Waals surface area contributed by atoms with E-state index in [4.69, 9.17) is 4.74 Å². The van der Waals surface area contributed by atoms with Crippen molar-refractivity contribution in [2.75, 3.05) is 6.61 Å². The molecule has 0 fully saturated rings. The first-order valence-corrected chi connectivity index (χ1v) is 16.1. The van der Waals surface area contributed by atoms with Crippen LogP contribution in [0.4, 0.5) is 0 Å². The molecule has 45 heavy (non-hydrogen) atoms. The van der Waals surface area contributed by atoms with Gasteiger partial charge in [0, 0.05) is 5.41 Å². The summed E-state index contributed by atoms with van der Waals surface area (Å²) in [5.41, 5.74) is 11.0. The van der Waals surface area contributed by atoms with Crippen molar-refractivity contribution in [3.05, 3.63) is 167 Å². The van der Waals surface area contributed by atoms with Crippen molar-refractivity contribution in [1.82, 2.24) is 0 Å². The average Bonchev–Trinajstić information content (AvgIpc) is 3.09. The summed E-state index contributed by atoms with van der Waals surface area (Å²) in [4.78, 5) is 0. The predicted molar refractivity (Wildman–Crippen MR) is 193 cm³/mol. The number of fused-ring (bicyclic) bond motifs is 1. The number of rotatable bonds is 10. The molecule has 1 heteroatoms. The normalized spacial score (nSPS) is 12.8. The third-order valence-corrected chi connectivity index (χ3v) is 9.05. The Morgan fingerprint density at radius 2 is 1.20 bits per heavy atom. The first-order chi connectivity index (χ1) is 22.0. The van der Waals surface area contributed by atoms with E-state index < -0.39 is 0 Å². The fourth-order valence-electron chi connectivity index (χ4n) is 6.21. The maximum absolute atomic E-state index is 5.86. The SMILES string of the molecule is CCCCOc1ccc(-c2ccc(-c3cc(C)c(/C=C\C(C)(c4ccccc4)c4ccc(C)cc4)c4ccccc34)cc2)cc1. The van der Waals surface area contributed by atoms with Crippen molar-refractivity contribution in [1.29, 1.82) is 0 Å². The van der Waals surface area contributed by atoms with Crippen LogP contribution in [0.5, 0.6) is 5.75 Å². The molecule has 0 amide bonds. The van der Waals surface area contributed by atoms with Gasteiger partial charge in [0.15, 0.2) is 0 Å². The maximum Gasteiger partial charge on any atom is 0.119 e. The van der Waals surface area contributed by atoms with Crippen LogP contribution in [0.3, 0.4) is 0 Å². The summed E-state index contributed by atoms with van der Waals surface area (Å²) in [5.74, 6) is 0.933. The minimum atomic E-state index is -0.267. The summed E-state index contributed by atoms with van der Waals surface area (Å²) in [6, 6.07) is 48.3. The minimum Gasteiger partial charge on any atom is -0.494 e. The quantitative estimate of drug-likeness (QED) is 0.145. The molecule has 6 rings (SSSR count). The van der Waals surface area contributed by atoms with Gasteiger partial charge in [0.25, 0.3) is 0 Å². The highest BCUT2D eigenvalue weighted by Gasteiger charge is 2.26. The lowest BCUT2D eigenvalue weighted by molar-refractivity contribution is 0.309. The highest BCUT2D eigenvalue weighted by Crippen LogP contribution is 2.38. The topological polar surface area (TPSA) is 9.23 Å². The Balaban J connectivity index is 1.34. The van der Waals surface area contributed by atoms with Gasteiger partial charge in [-0.25, -0.2) is 0 Å². The molecular weight excluding hydrogens is 544 g/mol. The standard InChI is InChI=1S/C44H42O/c1-5-6-30-45-39-26-22-35(23-27-39)34-18-20-36(21-19-34)43-31-33(3)40(41-14-10-11-15-42(41)43)28-29-44(4,37-12-8-7-9-13-37)38-24-16-32(2)17-25-38/h7-29,31H,5-6,30H2,1-4H3/b29-28-. The molecule has 0 aliphatic heterocycles. The van der Waals surface area contributed by atoms with Crippen molar-refractivity contribution in [3.8, 4) is 28.0 Å². The smallest absolute Gasteiger partial charge is 0.119 e. The maximum atomic E-state index is 5.86. The number of hydrogen-bond acceptors (Lipinski definition) is 1. The molecule has 224 valence electrons. The van der Waals surface area contributed by atoms with Gasteiger partial charge in [0.2, 0.25) is 0 Å². The molecule has 6 aromatic carbocycles. The number of ether oxygens (including phenoxy) is 1. The number of unbranched alkanes of at least 4 members (excludes halogenated alkanes) is 1. The Kier molecular flexibility index (Phi) is 8.98. The van der Waals surface area contributed by atoms with Crippen LogP contribution in [-0.2, 0) is 5.41 Å². The third-order valence-electron chi connectivity index (χ3n) is 9.05. The van der Waals surface area contributed by atoms with Crippen molar-refractivity contribution >= 4 is 16.8 Å². The second-order valence-corrected chi connectivity index (χ2v) is 12.3. The van der Waals surface area contributed by atoms with Crippen LogP contribution in [-0.4, -0.2) is 6.61 Å². The zero-order valence-electron chi connectivity index (χ0n) is 26.9. The van der Waals surface area contributed by atoms with Crippen LogP contribution in [0.15, 0.2) is 140 Å². The summed E-state index contributed by atoms with van der Waals surface area (Å²) in [6.07, 6.45) is 6.94.